The van der Waals surface area contributed by atoms with E-state index in [9.17, 15) is 9.59 Å². The molecule has 1 aliphatic heterocycles. The molecule has 0 aromatic carbocycles. The summed E-state index contributed by atoms with van der Waals surface area (Å²) in [5.74, 6) is 0. The normalized spacial score (nSPS) is 30.1. The van der Waals surface area contributed by atoms with E-state index in [1.54, 1.807) is 0 Å². The average molecular weight is 346 g/mol. The minimum absolute atomic E-state index is 0.0680. The first-order valence-corrected chi connectivity index (χ1v) is 7.87. The van der Waals surface area contributed by atoms with Crippen LogP contribution in [0.1, 0.15) is 0 Å². The van der Waals surface area contributed by atoms with Crippen molar-refractivity contribution in [3.05, 3.63) is 0 Å². The molecule has 110 valence electrons. The van der Waals surface area contributed by atoms with Gasteiger partial charge in [0.25, 0.3) is 0 Å². The number of ether oxygens (including phenoxy) is 4. The van der Waals surface area contributed by atoms with Crippen LogP contribution in [0.2, 0.25) is 0 Å². The predicted octanol–water partition coefficient (Wildman–Crippen LogP) is 2.24. The Morgan fingerprint density at radius 2 is 1.37 bits per heavy atom. The lowest BCUT2D eigenvalue weighted by atomic mass is 10.2. The van der Waals surface area contributed by atoms with E-state index in [0.717, 1.165) is 0 Å². The van der Waals surface area contributed by atoms with Gasteiger partial charge < -0.3 is 18.9 Å². The summed E-state index contributed by atoms with van der Waals surface area (Å²) in [5.41, 5.74) is 0. The van der Waals surface area contributed by atoms with Crippen molar-refractivity contribution in [3.8, 4) is 0 Å². The number of thioether (sulfide) groups is 2. The summed E-state index contributed by atoms with van der Waals surface area (Å²) < 4.78 is 20.8. The fourth-order valence-electron chi connectivity index (χ4n) is 1.60. The molecule has 1 heterocycles. The van der Waals surface area contributed by atoms with Crippen LogP contribution in [0.4, 0.5) is 9.59 Å². The fraction of sp³-hybridized carbons (Fsp3) is 0.778. The van der Waals surface area contributed by atoms with Crippen molar-refractivity contribution in [1.29, 1.82) is 0 Å². The topological polar surface area (TPSA) is 71.1 Å². The molecule has 1 rings (SSSR count). The number of rotatable bonds is 6. The van der Waals surface area contributed by atoms with Crippen molar-refractivity contribution >= 4 is 59.4 Å². The van der Waals surface area contributed by atoms with E-state index in [1.807, 2.05) is 0 Å². The minimum atomic E-state index is -0.978. The molecular formula is C9H14O6S4. The van der Waals surface area contributed by atoms with Crippen molar-refractivity contribution in [2.45, 2.75) is 9.87 Å². The Kier molecular flexibility index (Phi) is 6.67. The monoisotopic (exact) mass is 346 g/mol. The molecule has 19 heavy (non-hydrogen) atoms. The van der Waals surface area contributed by atoms with Gasteiger partial charge in [0.1, 0.15) is 13.2 Å². The van der Waals surface area contributed by atoms with Crippen LogP contribution in [0.5, 0.6) is 0 Å². The Morgan fingerprint density at radius 1 is 1.00 bits per heavy atom. The van der Waals surface area contributed by atoms with Gasteiger partial charge in [0, 0.05) is 19.3 Å². The summed E-state index contributed by atoms with van der Waals surface area (Å²) in [4.78, 5) is 19.8. The molecule has 6 nitrogen and oxygen atoms in total. The highest BCUT2D eigenvalue weighted by Crippen LogP contribution is 2.55. The zero-order valence-electron chi connectivity index (χ0n) is 10.3. The van der Waals surface area contributed by atoms with Gasteiger partial charge in [0.05, 0.1) is 0 Å². The Bertz CT molecular complexity index is 322. The summed E-state index contributed by atoms with van der Waals surface area (Å²) in [6.45, 7) is -0.136. The third-order valence-electron chi connectivity index (χ3n) is 2.60. The van der Waals surface area contributed by atoms with Gasteiger partial charge in [0.2, 0.25) is 0 Å². The molecule has 1 fully saturated rings. The van der Waals surface area contributed by atoms with Crippen LogP contribution in [0.15, 0.2) is 0 Å². The molecule has 2 atom stereocenters. The average Bonchev–Trinajstić information content (AvgIpc) is 2.73. The van der Waals surface area contributed by atoms with E-state index in [1.165, 1.54) is 37.7 Å². The molecule has 0 amide bonds. The molecular weight excluding hydrogens is 332 g/mol. The second-order valence-corrected chi connectivity index (χ2v) is 7.00. The first kappa shape index (κ1) is 17.3. The van der Waals surface area contributed by atoms with Crippen molar-refractivity contribution in [2.24, 2.45) is 0 Å². The zero-order chi connectivity index (χ0) is 14.5. The largest absolute Gasteiger partial charge is 0.454 e. The van der Waals surface area contributed by atoms with Crippen molar-refractivity contribution in [1.82, 2.24) is 0 Å². The molecule has 0 aromatic rings. The molecule has 0 aliphatic carbocycles. The summed E-state index contributed by atoms with van der Waals surface area (Å²) in [6.07, 6.45) is 0. The standard InChI is InChI=1S/C9H14O6S4/c1-12-8(3-14-6(10)16)9(13-2,19-5-18-8)4-15-7(11)17/h3-5H2,1-2H3,(H,10,16)(H,11,17)/t8-,9+. The molecule has 1 saturated heterocycles. The van der Waals surface area contributed by atoms with Crippen LogP contribution < -0.4 is 0 Å². The molecule has 0 radical (unpaired) electrons. The lowest BCUT2D eigenvalue weighted by Gasteiger charge is -2.40. The third kappa shape index (κ3) is 3.88. The van der Waals surface area contributed by atoms with Gasteiger partial charge in [-0.15, -0.1) is 23.5 Å². The number of carbonyl (C=O) groups excluding carboxylic acids is 2. The fourth-order valence-corrected chi connectivity index (χ4v) is 5.09. The molecule has 0 N–H and O–H groups in total. The van der Waals surface area contributed by atoms with Crippen LogP contribution in [-0.2, 0) is 18.9 Å². The Hall–Kier alpha value is 0.260. The lowest BCUT2D eigenvalue weighted by molar-refractivity contribution is -0.117. The van der Waals surface area contributed by atoms with Crippen LogP contribution >= 0.6 is 48.8 Å². The summed E-state index contributed by atoms with van der Waals surface area (Å²) >= 11 is 9.90. The Morgan fingerprint density at radius 3 is 1.63 bits per heavy atom. The van der Waals surface area contributed by atoms with E-state index in [0.29, 0.717) is 5.08 Å². The van der Waals surface area contributed by atoms with E-state index >= 15 is 0 Å². The number of hydrogen-bond donors (Lipinski definition) is 2. The van der Waals surface area contributed by atoms with E-state index in [4.69, 9.17) is 18.9 Å². The number of thiol groups is 2. The second-order valence-electron chi connectivity index (χ2n) is 3.43. The van der Waals surface area contributed by atoms with Gasteiger partial charge in [0.15, 0.2) is 9.87 Å². The maximum Gasteiger partial charge on any atom is 0.364 e. The smallest absolute Gasteiger partial charge is 0.364 e. The molecule has 0 aromatic heterocycles. The van der Waals surface area contributed by atoms with Crippen LogP contribution in [0.3, 0.4) is 0 Å². The van der Waals surface area contributed by atoms with Gasteiger partial charge in [-0.2, -0.15) is 0 Å². The van der Waals surface area contributed by atoms with Gasteiger partial charge in [-0.25, -0.2) is 9.59 Å². The Labute approximate surface area is 130 Å². The number of methoxy groups -OCH3 is 2. The molecule has 0 unspecified atom stereocenters. The quantitative estimate of drug-likeness (QED) is 0.560. The number of hydrogen-bond acceptors (Lipinski definition) is 8. The molecule has 10 heteroatoms. The van der Waals surface area contributed by atoms with Crippen molar-refractivity contribution in [3.63, 3.8) is 0 Å². The molecule has 0 spiro atoms. The molecule has 1 aliphatic rings. The lowest BCUT2D eigenvalue weighted by Crippen LogP contribution is -2.55. The minimum Gasteiger partial charge on any atom is -0.454 e. The molecule has 0 saturated carbocycles. The third-order valence-corrected chi connectivity index (χ3v) is 6.09. The summed E-state index contributed by atoms with van der Waals surface area (Å²) in [7, 11) is 2.95. The van der Waals surface area contributed by atoms with Gasteiger partial charge >= 0.3 is 10.6 Å². The Balaban J connectivity index is 2.90. The first-order valence-electron chi connectivity index (χ1n) is 5.01. The van der Waals surface area contributed by atoms with Crippen LogP contribution in [0.25, 0.3) is 0 Å². The van der Waals surface area contributed by atoms with E-state index < -0.39 is 20.5 Å². The van der Waals surface area contributed by atoms with Crippen molar-refractivity contribution in [2.75, 3.05) is 32.5 Å². The van der Waals surface area contributed by atoms with Gasteiger partial charge in [-0.1, -0.05) is 25.3 Å². The highest BCUT2D eigenvalue weighted by molar-refractivity contribution is 8.20. The zero-order valence-corrected chi connectivity index (χ0v) is 13.7. The maximum absolute atomic E-state index is 10.9. The highest BCUT2D eigenvalue weighted by Gasteiger charge is 2.60. The number of carbonyl (C=O) groups is 2. The van der Waals surface area contributed by atoms with Crippen LogP contribution in [-0.4, -0.2) is 53.0 Å². The van der Waals surface area contributed by atoms with Crippen molar-refractivity contribution < 1.29 is 28.5 Å². The van der Waals surface area contributed by atoms with E-state index in [2.05, 4.69) is 25.3 Å². The molecule has 0 bridgehead atoms. The van der Waals surface area contributed by atoms with E-state index in [-0.39, 0.29) is 13.2 Å². The SMILES string of the molecule is CO[C@@]1(COC(=O)S)SCS[C@@]1(COC(=O)S)OC. The predicted molar refractivity (Wildman–Crippen MR) is 80.2 cm³/mol. The highest BCUT2D eigenvalue weighted by atomic mass is 32.2. The first-order chi connectivity index (χ1) is 8.91. The van der Waals surface area contributed by atoms with Gasteiger partial charge in [-0.3, -0.25) is 0 Å². The van der Waals surface area contributed by atoms with Crippen LogP contribution in [0, 0.1) is 0 Å². The van der Waals surface area contributed by atoms with Gasteiger partial charge in [-0.05, 0) is 0 Å². The summed E-state index contributed by atoms with van der Waals surface area (Å²) in [6, 6.07) is 0. The summed E-state index contributed by atoms with van der Waals surface area (Å²) in [5, 5.41) is -0.800. The second kappa shape index (κ2) is 7.32. The maximum atomic E-state index is 10.9.